The first-order chi connectivity index (χ1) is 11.5. The van der Waals surface area contributed by atoms with Gasteiger partial charge in [-0.3, -0.25) is 0 Å². The average molecular weight is 338 g/mol. The van der Waals surface area contributed by atoms with Gasteiger partial charge in [0, 0.05) is 7.05 Å². The molecule has 0 bridgehead atoms. The summed E-state index contributed by atoms with van der Waals surface area (Å²) < 4.78 is 27.7. The fourth-order valence-corrected chi connectivity index (χ4v) is 4.30. The Morgan fingerprint density at radius 1 is 0.917 bits per heavy atom. The lowest BCUT2D eigenvalue weighted by molar-refractivity contribution is 0.597. The Labute approximate surface area is 138 Å². The Bertz CT molecular complexity index is 1180. The van der Waals surface area contributed by atoms with E-state index in [1.165, 1.54) is 0 Å². The number of rotatable bonds is 2. The number of nitrogens with two attached hydrogens (primary N) is 1. The molecule has 2 aromatic heterocycles. The summed E-state index contributed by atoms with van der Waals surface area (Å²) in [6.45, 7) is 0. The minimum atomic E-state index is -3.79. The summed E-state index contributed by atoms with van der Waals surface area (Å²) in [6, 6.07) is 15.5. The van der Waals surface area contributed by atoms with E-state index in [0.717, 1.165) is 0 Å². The van der Waals surface area contributed by atoms with Crippen LogP contribution < -0.4 is 5.73 Å². The van der Waals surface area contributed by atoms with Crippen LogP contribution in [-0.4, -0.2) is 23.0 Å². The average Bonchev–Trinajstić information content (AvgIpc) is 2.85. The number of aromatic nitrogens is 3. The lowest BCUT2D eigenvalue weighted by Gasteiger charge is -2.04. The number of aryl methyl sites for hydroxylation is 1. The van der Waals surface area contributed by atoms with E-state index in [-0.39, 0.29) is 21.1 Å². The first kappa shape index (κ1) is 14.6. The van der Waals surface area contributed by atoms with Crippen LogP contribution in [0.15, 0.2) is 64.4 Å². The fraction of sp³-hybridized carbons (Fsp3) is 0.0588. The van der Waals surface area contributed by atoms with Crippen molar-refractivity contribution in [3.05, 3.63) is 54.6 Å². The number of hydrogen-bond acceptors (Lipinski definition) is 5. The molecule has 0 spiro atoms. The Balaban J connectivity index is 2.13. The van der Waals surface area contributed by atoms with E-state index in [1.807, 2.05) is 18.2 Å². The topological polar surface area (TPSA) is 90.9 Å². The zero-order valence-corrected chi connectivity index (χ0v) is 13.7. The molecule has 4 rings (SSSR count). The van der Waals surface area contributed by atoms with Crippen molar-refractivity contribution in [3.63, 3.8) is 0 Å². The number of sulfone groups is 1. The van der Waals surface area contributed by atoms with Crippen LogP contribution >= 0.6 is 0 Å². The molecule has 7 heteroatoms. The monoisotopic (exact) mass is 338 g/mol. The van der Waals surface area contributed by atoms with Crippen molar-refractivity contribution >= 4 is 37.9 Å². The lowest BCUT2D eigenvalue weighted by Crippen LogP contribution is -2.06. The number of anilines is 1. The van der Waals surface area contributed by atoms with Crippen LogP contribution in [0, 0.1) is 0 Å². The fourth-order valence-electron chi connectivity index (χ4n) is 2.75. The van der Waals surface area contributed by atoms with Crippen molar-refractivity contribution in [1.29, 1.82) is 0 Å². The van der Waals surface area contributed by atoms with Crippen LogP contribution in [0.1, 0.15) is 0 Å². The molecule has 2 aromatic carbocycles. The number of nitrogens with zero attached hydrogens (tertiary/aromatic N) is 3. The molecule has 0 amide bonds. The first-order valence-electron chi connectivity index (χ1n) is 7.31. The Morgan fingerprint density at radius 3 is 2.17 bits per heavy atom. The molecule has 0 fully saturated rings. The molecule has 24 heavy (non-hydrogen) atoms. The van der Waals surface area contributed by atoms with Gasteiger partial charge in [-0.15, -0.1) is 0 Å². The maximum atomic E-state index is 13.1. The maximum absolute atomic E-state index is 13.1. The van der Waals surface area contributed by atoms with Gasteiger partial charge in [0.15, 0.2) is 5.65 Å². The number of para-hydroxylation sites is 2. The van der Waals surface area contributed by atoms with Crippen molar-refractivity contribution in [2.24, 2.45) is 7.05 Å². The summed E-state index contributed by atoms with van der Waals surface area (Å²) >= 11 is 0. The van der Waals surface area contributed by atoms with Gasteiger partial charge >= 0.3 is 0 Å². The van der Waals surface area contributed by atoms with Crippen molar-refractivity contribution in [1.82, 2.24) is 14.5 Å². The molecule has 0 aliphatic heterocycles. The molecule has 0 aliphatic rings. The highest BCUT2D eigenvalue weighted by Crippen LogP contribution is 2.34. The minimum Gasteiger partial charge on any atom is -0.384 e. The van der Waals surface area contributed by atoms with E-state index in [2.05, 4.69) is 9.97 Å². The van der Waals surface area contributed by atoms with Gasteiger partial charge in [0.05, 0.1) is 15.9 Å². The van der Waals surface area contributed by atoms with E-state index < -0.39 is 9.84 Å². The second-order valence-corrected chi connectivity index (χ2v) is 7.36. The summed E-state index contributed by atoms with van der Waals surface area (Å²) in [5.74, 6) is 0.129. The van der Waals surface area contributed by atoms with Crippen molar-refractivity contribution in [3.8, 4) is 0 Å². The van der Waals surface area contributed by atoms with Crippen molar-refractivity contribution in [2.45, 2.75) is 9.79 Å². The summed E-state index contributed by atoms with van der Waals surface area (Å²) in [7, 11) is -2.11. The smallest absolute Gasteiger partial charge is 0.212 e. The molecule has 6 nitrogen and oxygen atoms in total. The predicted molar refractivity (Wildman–Crippen MR) is 92.3 cm³/mol. The number of nitrogen functional groups attached to an aromatic ring is 1. The molecule has 4 aromatic rings. The third-order valence-corrected chi connectivity index (χ3v) is 5.83. The van der Waals surface area contributed by atoms with Gasteiger partial charge in [0.25, 0.3) is 0 Å². The van der Waals surface area contributed by atoms with E-state index in [1.54, 1.807) is 48.0 Å². The van der Waals surface area contributed by atoms with Gasteiger partial charge in [-0.2, -0.15) is 0 Å². The Morgan fingerprint density at radius 2 is 1.50 bits per heavy atom. The van der Waals surface area contributed by atoms with Gasteiger partial charge < -0.3 is 10.3 Å². The summed E-state index contributed by atoms with van der Waals surface area (Å²) in [6.07, 6.45) is 0. The second kappa shape index (κ2) is 5.04. The largest absolute Gasteiger partial charge is 0.384 e. The molecule has 0 unspecified atom stereocenters. The summed E-state index contributed by atoms with van der Waals surface area (Å²) in [5, 5.41) is 0. The predicted octanol–water partition coefficient (Wildman–Crippen LogP) is 2.54. The van der Waals surface area contributed by atoms with Crippen LogP contribution in [0.4, 0.5) is 5.82 Å². The number of fused-ring (bicyclic) bond motifs is 2. The molecule has 2 heterocycles. The molecule has 0 aliphatic carbocycles. The van der Waals surface area contributed by atoms with Crippen LogP contribution in [0.5, 0.6) is 0 Å². The lowest BCUT2D eigenvalue weighted by atomic mass is 10.3. The third-order valence-electron chi connectivity index (χ3n) is 4.00. The molecule has 0 radical (unpaired) electrons. The number of benzene rings is 2. The highest BCUT2D eigenvalue weighted by molar-refractivity contribution is 7.92. The van der Waals surface area contributed by atoms with E-state index in [9.17, 15) is 8.42 Å². The van der Waals surface area contributed by atoms with Crippen molar-refractivity contribution < 1.29 is 8.42 Å². The van der Waals surface area contributed by atoms with Crippen LogP contribution in [0.3, 0.4) is 0 Å². The van der Waals surface area contributed by atoms with Crippen LogP contribution in [-0.2, 0) is 16.9 Å². The van der Waals surface area contributed by atoms with Gasteiger partial charge in [-0.1, -0.05) is 30.3 Å². The van der Waals surface area contributed by atoms with Gasteiger partial charge in [-0.25, -0.2) is 18.4 Å². The quantitative estimate of drug-likeness (QED) is 0.606. The molecule has 0 atom stereocenters. The zero-order valence-electron chi connectivity index (χ0n) is 12.8. The third kappa shape index (κ3) is 1.98. The Kier molecular flexibility index (Phi) is 3.07. The van der Waals surface area contributed by atoms with Gasteiger partial charge in [0.2, 0.25) is 9.84 Å². The van der Waals surface area contributed by atoms with Gasteiger partial charge in [-0.05, 0) is 24.3 Å². The van der Waals surface area contributed by atoms with Crippen LogP contribution in [0.2, 0.25) is 0 Å². The molecule has 2 N–H and O–H groups in total. The van der Waals surface area contributed by atoms with E-state index >= 15 is 0 Å². The van der Waals surface area contributed by atoms with E-state index in [0.29, 0.717) is 16.7 Å². The molecule has 0 saturated carbocycles. The highest BCUT2D eigenvalue weighted by Gasteiger charge is 2.28. The first-order valence-corrected chi connectivity index (χ1v) is 8.79. The highest BCUT2D eigenvalue weighted by atomic mass is 32.2. The maximum Gasteiger partial charge on any atom is 0.212 e. The molecular weight excluding hydrogens is 324 g/mol. The molecule has 120 valence electrons. The Hall–Kier alpha value is -2.93. The SMILES string of the molecule is Cn1c(N)c(S(=O)(=O)c2ccccc2)c2nc3ccccc3nc21. The second-order valence-electron chi connectivity index (χ2n) is 5.47. The summed E-state index contributed by atoms with van der Waals surface area (Å²) in [4.78, 5) is 9.21. The number of hydrogen-bond donors (Lipinski definition) is 1. The minimum absolute atomic E-state index is 0.00412. The zero-order chi connectivity index (χ0) is 16.9. The normalized spacial score (nSPS) is 12.0. The standard InChI is InChI=1S/C17H14N4O2S/c1-21-16(18)15(24(22,23)11-7-3-2-4-8-11)14-17(21)20-13-10-6-5-9-12(13)19-14/h2-10H,18H2,1H3. The van der Waals surface area contributed by atoms with E-state index in [4.69, 9.17) is 5.73 Å². The molecular formula is C17H14N4O2S. The van der Waals surface area contributed by atoms with Crippen molar-refractivity contribution in [2.75, 3.05) is 5.73 Å². The summed E-state index contributed by atoms with van der Waals surface area (Å²) in [5.41, 5.74) is 8.15. The molecule has 0 saturated heterocycles. The van der Waals surface area contributed by atoms with Crippen LogP contribution in [0.25, 0.3) is 22.2 Å². The van der Waals surface area contributed by atoms with Gasteiger partial charge in [0.1, 0.15) is 16.2 Å².